The first-order chi connectivity index (χ1) is 13.7. The lowest BCUT2D eigenvalue weighted by Crippen LogP contribution is -2.32. The Kier molecular flexibility index (Phi) is 6.68. The third-order valence-corrected chi connectivity index (χ3v) is 3.83. The highest BCUT2D eigenvalue weighted by atomic mass is 19.4. The van der Waals surface area contributed by atoms with Crippen LogP contribution in [-0.4, -0.2) is 32.2 Å². The van der Waals surface area contributed by atoms with E-state index in [1.807, 2.05) is 13.8 Å². The number of nitrogens with zero attached hydrogens (tertiary/aromatic N) is 4. The molecule has 2 heterocycles. The summed E-state index contributed by atoms with van der Waals surface area (Å²) in [7, 11) is 0. The molecule has 0 saturated carbocycles. The topological polar surface area (TPSA) is 92.4 Å². The monoisotopic (exact) mass is 408 g/mol. The molecule has 0 radical (unpaired) electrons. The van der Waals surface area contributed by atoms with Crippen molar-refractivity contribution in [3.63, 3.8) is 0 Å². The molecule has 0 aliphatic heterocycles. The SMILES string of the molecule is CC.Cc1cnc2c(Cc3ccccc3F)nc(C(=N)N=C(N)C(F)(F)F)cn12. The molecule has 3 aromatic rings. The molecule has 0 fully saturated rings. The van der Waals surface area contributed by atoms with E-state index >= 15 is 0 Å². The molecular weight excluding hydrogens is 388 g/mol. The van der Waals surface area contributed by atoms with Crippen molar-refractivity contribution in [3.8, 4) is 0 Å². The van der Waals surface area contributed by atoms with Crippen molar-refractivity contribution in [3.05, 3.63) is 65.1 Å². The van der Waals surface area contributed by atoms with Gasteiger partial charge in [-0.25, -0.2) is 19.4 Å². The predicted molar refractivity (Wildman–Crippen MR) is 103 cm³/mol. The predicted octanol–water partition coefficient (Wildman–Crippen LogP) is 4.04. The third-order valence-electron chi connectivity index (χ3n) is 3.83. The Morgan fingerprint density at radius 1 is 1.24 bits per heavy atom. The summed E-state index contributed by atoms with van der Waals surface area (Å²) in [6, 6.07) is 6.07. The van der Waals surface area contributed by atoms with Crippen molar-refractivity contribution in [2.45, 2.75) is 33.4 Å². The van der Waals surface area contributed by atoms with Crippen LogP contribution in [0.5, 0.6) is 0 Å². The number of rotatable bonds is 3. The number of nitrogens with two attached hydrogens (primary N) is 1. The lowest BCUT2D eigenvalue weighted by Gasteiger charge is -2.09. The number of aromatic nitrogens is 3. The quantitative estimate of drug-likeness (QED) is 0.389. The minimum atomic E-state index is -4.85. The molecule has 0 bridgehead atoms. The normalized spacial score (nSPS) is 11.9. The standard InChI is InChI=1S/C17H14F4N6.C2H6/c1-9-7-24-15-12(6-10-4-2-3-5-11(10)18)25-13(8-27(9)15)14(22)26-16(23)17(19,20)21;1-2/h2-5,7-8H,6H2,1H3,(H3,22,23,26);1-2H3. The second-order valence-corrected chi connectivity index (χ2v) is 5.78. The van der Waals surface area contributed by atoms with Crippen molar-refractivity contribution in [1.82, 2.24) is 14.4 Å². The molecule has 2 aromatic heterocycles. The van der Waals surface area contributed by atoms with Crippen molar-refractivity contribution in [2.24, 2.45) is 10.7 Å². The number of benzene rings is 1. The smallest absolute Gasteiger partial charge is 0.380 e. The van der Waals surface area contributed by atoms with Gasteiger partial charge in [-0.05, 0) is 18.6 Å². The number of hydrogen-bond donors (Lipinski definition) is 2. The molecule has 0 aliphatic rings. The van der Waals surface area contributed by atoms with Crippen LogP contribution < -0.4 is 5.73 Å². The molecule has 3 N–H and O–H groups in total. The Bertz CT molecular complexity index is 1050. The molecule has 3 rings (SSSR count). The first-order valence-corrected chi connectivity index (χ1v) is 8.74. The average molecular weight is 408 g/mol. The van der Waals surface area contributed by atoms with Gasteiger partial charge in [-0.2, -0.15) is 13.2 Å². The summed E-state index contributed by atoms with van der Waals surface area (Å²) in [6.45, 7) is 5.73. The van der Waals surface area contributed by atoms with E-state index in [1.54, 1.807) is 35.7 Å². The summed E-state index contributed by atoms with van der Waals surface area (Å²) >= 11 is 0. The van der Waals surface area contributed by atoms with Gasteiger partial charge in [0.15, 0.2) is 11.5 Å². The van der Waals surface area contributed by atoms with Crippen molar-refractivity contribution in [2.75, 3.05) is 0 Å². The van der Waals surface area contributed by atoms with E-state index in [4.69, 9.17) is 11.1 Å². The minimum Gasteiger partial charge on any atom is -0.380 e. The van der Waals surface area contributed by atoms with Gasteiger partial charge in [0.25, 0.3) is 0 Å². The Morgan fingerprint density at radius 3 is 2.52 bits per heavy atom. The van der Waals surface area contributed by atoms with Crippen molar-refractivity contribution >= 4 is 17.3 Å². The van der Waals surface area contributed by atoms with Gasteiger partial charge in [0.2, 0.25) is 5.84 Å². The lowest BCUT2D eigenvalue weighted by atomic mass is 10.1. The number of hydrogen-bond acceptors (Lipinski definition) is 3. The van der Waals surface area contributed by atoms with Gasteiger partial charge >= 0.3 is 6.18 Å². The number of imidazole rings is 1. The number of amidine groups is 2. The zero-order chi connectivity index (χ0) is 21.8. The Balaban J connectivity index is 0.00000145. The van der Waals surface area contributed by atoms with Gasteiger partial charge in [-0.1, -0.05) is 32.0 Å². The molecule has 0 spiro atoms. The van der Waals surface area contributed by atoms with Crippen molar-refractivity contribution < 1.29 is 17.6 Å². The van der Waals surface area contributed by atoms with Gasteiger partial charge in [0, 0.05) is 24.5 Å². The van der Waals surface area contributed by atoms with E-state index in [0.29, 0.717) is 22.6 Å². The van der Waals surface area contributed by atoms with E-state index in [2.05, 4.69) is 15.0 Å². The fourth-order valence-electron chi connectivity index (χ4n) is 2.47. The zero-order valence-electron chi connectivity index (χ0n) is 16.0. The van der Waals surface area contributed by atoms with Crippen LogP contribution in [0.15, 0.2) is 41.7 Å². The first-order valence-electron chi connectivity index (χ1n) is 8.74. The number of aliphatic imine (C=N–C) groups is 1. The highest BCUT2D eigenvalue weighted by Gasteiger charge is 2.34. The van der Waals surface area contributed by atoms with Crippen LogP contribution in [0.25, 0.3) is 5.65 Å². The van der Waals surface area contributed by atoms with Gasteiger partial charge in [0.05, 0.1) is 5.69 Å². The number of halogens is 4. The van der Waals surface area contributed by atoms with Crippen LogP contribution in [0.1, 0.15) is 36.5 Å². The molecular formula is C19H20F4N6. The fraction of sp³-hybridized carbons (Fsp3) is 0.263. The van der Waals surface area contributed by atoms with Crippen LogP contribution >= 0.6 is 0 Å². The molecule has 154 valence electrons. The summed E-state index contributed by atoms with van der Waals surface area (Å²) in [5.41, 5.74) is 6.48. The highest BCUT2D eigenvalue weighted by Crippen LogP contribution is 2.19. The Labute approximate surface area is 164 Å². The number of alkyl halides is 3. The van der Waals surface area contributed by atoms with Crippen molar-refractivity contribution in [1.29, 1.82) is 5.41 Å². The summed E-state index contributed by atoms with van der Waals surface area (Å²) in [4.78, 5) is 11.5. The molecule has 0 atom stereocenters. The Hall–Kier alpha value is -3.30. The lowest BCUT2D eigenvalue weighted by molar-refractivity contribution is -0.0597. The van der Waals surface area contributed by atoms with E-state index < -0.39 is 23.7 Å². The first kappa shape index (κ1) is 22.0. The van der Waals surface area contributed by atoms with Crippen LogP contribution in [0.3, 0.4) is 0 Å². The second kappa shape index (κ2) is 8.80. The second-order valence-electron chi connectivity index (χ2n) is 5.78. The maximum Gasteiger partial charge on any atom is 0.449 e. The summed E-state index contributed by atoms with van der Waals surface area (Å²) in [5, 5.41) is 7.82. The number of fused-ring (bicyclic) bond motifs is 1. The largest absolute Gasteiger partial charge is 0.449 e. The number of aryl methyl sites for hydroxylation is 1. The van der Waals surface area contributed by atoms with Crippen LogP contribution in [-0.2, 0) is 6.42 Å². The van der Waals surface area contributed by atoms with Gasteiger partial charge in [-0.15, -0.1) is 0 Å². The van der Waals surface area contributed by atoms with Gasteiger partial charge < -0.3 is 10.1 Å². The summed E-state index contributed by atoms with van der Waals surface area (Å²) in [5.74, 6) is -2.84. The molecule has 0 aliphatic carbocycles. The maximum absolute atomic E-state index is 14.0. The van der Waals surface area contributed by atoms with E-state index in [9.17, 15) is 17.6 Å². The highest BCUT2D eigenvalue weighted by molar-refractivity contribution is 6.04. The van der Waals surface area contributed by atoms with Crippen LogP contribution in [0.2, 0.25) is 0 Å². The molecule has 0 unspecified atom stereocenters. The fourth-order valence-corrected chi connectivity index (χ4v) is 2.47. The minimum absolute atomic E-state index is 0.0478. The summed E-state index contributed by atoms with van der Waals surface area (Å²) < 4.78 is 53.3. The average Bonchev–Trinajstić information content (AvgIpc) is 3.05. The van der Waals surface area contributed by atoms with Crippen LogP contribution in [0.4, 0.5) is 17.6 Å². The molecule has 6 nitrogen and oxygen atoms in total. The molecule has 0 saturated heterocycles. The van der Waals surface area contributed by atoms with E-state index in [0.717, 1.165) is 0 Å². The van der Waals surface area contributed by atoms with Gasteiger partial charge in [0.1, 0.15) is 11.5 Å². The Morgan fingerprint density at radius 2 is 1.90 bits per heavy atom. The zero-order valence-corrected chi connectivity index (χ0v) is 16.0. The maximum atomic E-state index is 14.0. The molecule has 10 heteroatoms. The third kappa shape index (κ3) is 4.95. The molecule has 1 aromatic carbocycles. The van der Waals surface area contributed by atoms with E-state index in [1.165, 1.54) is 12.3 Å². The molecule has 0 amide bonds. The van der Waals surface area contributed by atoms with Crippen LogP contribution in [0, 0.1) is 18.2 Å². The number of nitrogens with one attached hydrogen (secondary N) is 1. The summed E-state index contributed by atoms with van der Waals surface area (Å²) in [6.07, 6.45) is -1.91. The van der Waals surface area contributed by atoms with Gasteiger partial charge in [-0.3, -0.25) is 5.41 Å². The molecule has 29 heavy (non-hydrogen) atoms. The van der Waals surface area contributed by atoms with E-state index in [-0.39, 0.29) is 12.1 Å².